The van der Waals surface area contributed by atoms with Gasteiger partial charge in [0.2, 0.25) is 0 Å². The molecule has 0 heterocycles. The van der Waals surface area contributed by atoms with E-state index >= 15 is 0 Å². The van der Waals surface area contributed by atoms with Crippen molar-refractivity contribution >= 4 is 33.3 Å². The van der Waals surface area contributed by atoms with Crippen LogP contribution in [0.5, 0.6) is 0 Å². The lowest BCUT2D eigenvalue weighted by Gasteiger charge is -2.12. The topological polar surface area (TPSA) is 102 Å². The Hall–Kier alpha value is -3.65. The van der Waals surface area contributed by atoms with E-state index in [4.69, 9.17) is 4.74 Å². The molecule has 0 aliphatic heterocycles. The SMILES string of the molecule is COC(=O)c1ccc(C)c(NC(=O)c2cccc(S(=O)(=O)Nc3ccc(C)cc3)c2)c1. The summed E-state index contributed by atoms with van der Waals surface area (Å²) in [7, 11) is -2.60. The second-order valence-electron chi connectivity index (χ2n) is 6.97. The van der Waals surface area contributed by atoms with Crippen molar-refractivity contribution in [3.8, 4) is 0 Å². The van der Waals surface area contributed by atoms with Crippen LogP contribution in [0.15, 0.2) is 71.6 Å². The Bertz CT molecular complexity index is 1240. The number of carbonyl (C=O) groups is 2. The molecule has 0 unspecified atom stereocenters. The number of amides is 1. The van der Waals surface area contributed by atoms with Crippen LogP contribution < -0.4 is 10.0 Å². The number of ether oxygens (including phenoxy) is 1. The minimum atomic E-state index is -3.88. The lowest BCUT2D eigenvalue weighted by atomic mass is 10.1. The van der Waals surface area contributed by atoms with E-state index in [0.717, 1.165) is 11.1 Å². The summed E-state index contributed by atoms with van der Waals surface area (Å²) in [4.78, 5) is 24.5. The third-order valence-electron chi connectivity index (χ3n) is 4.62. The molecule has 0 bridgehead atoms. The maximum Gasteiger partial charge on any atom is 0.337 e. The molecule has 0 fully saturated rings. The molecule has 8 heteroatoms. The maximum atomic E-state index is 12.7. The molecule has 3 aromatic carbocycles. The Balaban J connectivity index is 1.83. The number of nitrogens with one attached hydrogen (secondary N) is 2. The molecule has 160 valence electrons. The van der Waals surface area contributed by atoms with E-state index in [0.29, 0.717) is 16.9 Å². The largest absolute Gasteiger partial charge is 0.465 e. The first kappa shape index (κ1) is 22.0. The van der Waals surface area contributed by atoms with Gasteiger partial charge in [-0.25, -0.2) is 13.2 Å². The van der Waals surface area contributed by atoms with Crippen molar-refractivity contribution < 1.29 is 22.7 Å². The highest BCUT2D eigenvalue weighted by atomic mass is 32.2. The first-order chi connectivity index (χ1) is 14.7. The smallest absolute Gasteiger partial charge is 0.337 e. The second-order valence-corrected chi connectivity index (χ2v) is 8.66. The summed E-state index contributed by atoms with van der Waals surface area (Å²) in [6, 6.07) is 17.4. The van der Waals surface area contributed by atoms with Gasteiger partial charge in [0.25, 0.3) is 15.9 Å². The van der Waals surface area contributed by atoms with Gasteiger partial charge in [-0.05, 0) is 61.9 Å². The van der Waals surface area contributed by atoms with E-state index in [1.54, 1.807) is 43.3 Å². The molecule has 0 atom stereocenters. The lowest BCUT2D eigenvalue weighted by Crippen LogP contribution is -2.16. The Kier molecular flexibility index (Phi) is 6.41. The van der Waals surface area contributed by atoms with E-state index < -0.39 is 21.9 Å². The predicted octanol–water partition coefficient (Wildman–Crippen LogP) is 4.14. The summed E-state index contributed by atoms with van der Waals surface area (Å²) in [6.45, 7) is 3.69. The van der Waals surface area contributed by atoms with Gasteiger partial charge in [0.1, 0.15) is 0 Å². The molecule has 31 heavy (non-hydrogen) atoms. The molecule has 0 saturated heterocycles. The van der Waals surface area contributed by atoms with Crippen molar-refractivity contribution in [2.45, 2.75) is 18.7 Å². The van der Waals surface area contributed by atoms with Crippen molar-refractivity contribution in [1.82, 2.24) is 0 Å². The highest BCUT2D eigenvalue weighted by Crippen LogP contribution is 2.21. The van der Waals surface area contributed by atoms with Gasteiger partial charge in [0, 0.05) is 16.9 Å². The Labute approximate surface area is 181 Å². The number of hydrogen-bond donors (Lipinski definition) is 2. The van der Waals surface area contributed by atoms with E-state index in [2.05, 4.69) is 10.0 Å². The van der Waals surface area contributed by atoms with Crippen molar-refractivity contribution in [2.24, 2.45) is 0 Å². The van der Waals surface area contributed by atoms with Gasteiger partial charge in [-0.1, -0.05) is 29.8 Å². The zero-order valence-electron chi connectivity index (χ0n) is 17.3. The second kappa shape index (κ2) is 9.01. The van der Waals surface area contributed by atoms with Gasteiger partial charge < -0.3 is 10.1 Å². The van der Waals surface area contributed by atoms with Crippen LogP contribution in [0.1, 0.15) is 31.8 Å². The number of anilines is 2. The average Bonchev–Trinajstić information content (AvgIpc) is 2.76. The summed E-state index contributed by atoms with van der Waals surface area (Å²) >= 11 is 0. The van der Waals surface area contributed by atoms with Crippen LogP contribution in [-0.2, 0) is 14.8 Å². The molecule has 0 spiro atoms. The fraction of sp³-hybridized carbons (Fsp3) is 0.130. The average molecular weight is 439 g/mol. The number of hydrogen-bond acceptors (Lipinski definition) is 5. The minimum absolute atomic E-state index is 0.0410. The first-order valence-corrected chi connectivity index (χ1v) is 10.9. The van der Waals surface area contributed by atoms with Crippen LogP contribution in [0.3, 0.4) is 0 Å². The molecule has 0 aliphatic rings. The monoisotopic (exact) mass is 438 g/mol. The van der Waals surface area contributed by atoms with Gasteiger partial charge >= 0.3 is 5.97 Å². The standard InChI is InChI=1S/C23H22N2O5S/c1-15-7-11-19(12-8-15)25-31(28,29)20-6-4-5-17(13-20)22(26)24-21-14-18(23(27)30-3)10-9-16(21)2/h4-14,25H,1-3H3,(H,24,26). The molecule has 0 saturated carbocycles. The van der Waals surface area contributed by atoms with Crippen LogP contribution in [0.25, 0.3) is 0 Å². The molecule has 7 nitrogen and oxygen atoms in total. The maximum absolute atomic E-state index is 12.7. The van der Waals surface area contributed by atoms with Crippen LogP contribution in [0.2, 0.25) is 0 Å². The fourth-order valence-electron chi connectivity index (χ4n) is 2.84. The number of esters is 1. The van der Waals surface area contributed by atoms with E-state index in [9.17, 15) is 18.0 Å². The molecule has 0 aromatic heterocycles. The molecular weight excluding hydrogens is 416 g/mol. The quantitative estimate of drug-likeness (QED) is 0.563. The van der Waals surface area contributed by atoms with Crippen molar-refractivity contribution in [3.05, 3.63) is 89.0 Å². The number of carbonyl (C=O) groups excluding carboxylic acids is 2. The molecule has 1 amide bonds. The molecular formula is C23H22N2O5S. The molecule has 2 N–H and O–H groups in total. The van der Waals surface area contributed by atoms with Crippen LogP contribution in [0.4, 0.5) is 11.4 Å². The third kappa shape index (κ3) is 5.29. The van der Waals surface area contributed by atoms with Gasteiger partial charge in [-0.2, -0.15) is 0 Å². The summed E-state index contributed by atoms with van der Waals surface area (Å²) in [5.74, 6) is -1.02. The Morgan fingerprint density at radius 2 is 1.58 bits per heavy atom. The van der Waals surface area contributed by atoms with E-state index in [1.165, 1.54) is 37.4 Å². The van der Waals surface area contributed by atoms with Gasteiger partial charge in [-0.15, -0.1) is 0 Å². The first-order valence-electron chi connectivity index (χ1n) is 9.39. The summed E-state index contributed by atoms with van der Waals surface area (Å²) < 4.78 is 32.7. The van der Waals surface area contributed by atoms with Gasteiger partial charge in [-0.3, -0.25) is 9.52 Å². The number of benzene rings is 3. The molecule has 3 rings (SSSR count). The van der Waals surface area contributed by atoms with E-state index in [1.807, 2.05) is 6.92 Å². The summed E-state index contributed by atoms with van der Waals surface area (Å²) in [5, 5.41) is 2.72. The van der Waals surface area contributed by atoms with Gasteiger partial charge in [0.15, 0.2) is 0 Å². The van der Waals surface area contributed by atoms with E-state index in [-0.39, 0.29) is 10.5 Å². The fourth-order valence-corrected chi connectivity index (χ4v) is 3.94. The normalized spacial score (nSPS) is 10.9. The van der Waals surface area contributed by atoms with Crippen molar-refractivity contribution in [1.29, 1.82) is 0 Å². The van der Waals surface area contributed by atoms with Crippen LogP contribution >= 0.6 is 0 Å². The van der Waals surface area contributed by atoms with Crippen molar-refractivity contribution in [3.63, 3.8) is 0 Å². The Morgan fingerprint density at radius 3 is 2.26 bits per heavy atom. The van der Waals surface area contributed by atoms with Crippen LogP contribution in [0, 0.1) is 13.8 Å². The predicted molar refractivity (Wildman–Crippen MR) is 119 cm³/mol. The number of rotatable bonds is 6. The minimum Gasteiger partial charge on any atom is -0.465 e. The highest BCUT2D eigenvalue weighted by molar-refractivity contribution is 7.92. The molecule has 0 radical (unpaired) electrons. The molecule has 3 aromatic rings. The Morgan fingerprint density at radius 1 is 0.871 bits per heavy atom. The third-order valence-corrected chi connectivity index (χ3v) is 6.00. The summed E-state index contributed by atoms with van der Waals surface area (Å²) in [6.07, 6.45) is 0. The van der Waals surface area contributed by atoms with Gasteiger partial charge in [0.05, 0.1) is 17.6 Å². The number of methoxy groups -OCH3 is 1. The number of sulfonamides is 1. The lowest BCUT2D eigenvalue weighted by molar-refractivity contribution is 0.0600. The number of aryl methyl sites for hydroxylation is 2. The highest BCUT2D eigenvalue weighted by Gasteiger charge is 2.17. The summed E-state index contributed by atoms with van der Waals surface area (Å²) in [5.41, 5.74) is 3.06. The molecule has 0 aliphatic carbocycles. The zero-order chi connectivity index (χ0) is 22.6. The van der Waals surface area contributed by atoms with Crippen LogP contribution in [-0.4, -0.2) is 27.4 Å². The van der Waals surface area contributed by atoms with Crippen molar-refractivity contribution in [2.75, 3.05) is 17.1 Å². The zero-order valence-corrected chi connectivity index (χ0v) is 18.1.